The molecule has 28 heavy (non-hydrogen) atoms. The second-order valence-corrected chi connectivity index (χ2v) is 5.72. The third kappa shape index (κ3) is 3.62. The number of aromatic nitrogens is 2. The number of hydrogen-bond acceptors (Lipinski definition) is 7. The maximum Gasteiger partial charge on any atom is 0.357 e. The Bertz CT molecular complexity index is 1230. The van der Waals surface area contributed by atoms with E-state index in [1.165, 1.54) is 24.3 Å². The normalized spacial score (nSPS) is 11.0. The average Bonchev–Trinajstić information content (AvgIpc) is 3.07. The van der Waals surface area contributed by atoms with E-state index in [2.05, 4.69) is 4.98 Å². The number of hydrogen-bond donors (Lipinski definition) is 2. The van der Waals surface area contributed by atoms with Crippen molar-refractivity contribution in [2.45, 2.75) is 6.92 Å². The van der Waals surface area contributed by atoms with Crippen LogP contribution in [0.4, 0.5) is 11.4 Å². The Morgan fingerprint density at radius 2 is 1.75 bits per heavy atom. The number of nitrogens with zero attached hydrogens (tertiary/aromatic N) is 2. The summed E-state index contributed by atoms with van der Waals surface area (Å²) in [5.74, 6) is 0.726. The Morgan fingerprint density at radius 3 is 2.39 bits per heavy atom. The molecule has 2 heterocycles. The molecule has 142 valence electrons. The molecule has 0 amide bonds. The third-order valence-electron chi connectivity index (χ3n) is 3.86. The van der Waals surface area contributed by atoms with Gasteiger partial charge in [0.15, 0.2) is 0 Å². The van der Waals surface area contributed by atoms with Gasteiger partial charge in [-0.1, -0.05) is 0 Å². The summed E-state index contributed by atoms with van der Waals surface area (Å²) in [6.45, 7) is 1.70. The summed E-state index contributed by atoms with van der Waals surface area (Å²) >= 11 is 0. The summed E-state index contributed by atoms with van der Waals surface area (Å²) in [4.78, 5) is 47.4. The quantitative estimate of drug-likeness (QED) is 0.504. The first-order valence-corrected chi connectivity index (χ1v) is 7.80. The number of aromatic amines is 2. The van der Waals surface area contributed by atoms with E-state index in [-0.39, 0.29) is 11.4 Å². The van der Waals surface area contributed by atoms with Gasteiger partial charge in [0.2, 0.25) is 0 Å². The highest BCUT2D eigenvalue weighted by atomic mass is 16.6. The number of rotatable bonds is 5. The predicted octanol–water partition coefficient (Wildman–Crippen LogP) is 2.62. The molecule has 0 aliphatic heterocycles. The first-order chi connectivity index (χ1) is 13.3. The van der Waals surface area contributed by atoms with E-state index in [1.54, 1.807) is 30.1 Å². The van der Waals surface area contributed by atoms with Crippen LogP contribution < -0.4 is 11.2 Å². The number of non-ortho nitro benzene ring substituents is 1. The minimum atomic E-state index is -1.12. The molecule has 0 atom stereocenters. The zero-order chi connectivity index (χ0) is 20.4. The number of benzene rings is 1. The summed E-state index contributed by atoms with van der Waals surface area (Å²) in [6, 6.07) is 7.52. The van der Waals surface area contributed by atoms with Gasteiger partial charge in [-0.2, -0.15) is 0 Å². The van der Waals surface area contributed by atoms with Gasteiger partial charge in [0.1, 0.15) is 17.2 Å². The van der Waals surface area contributed by atoms with Crippen molar-refractivity contribution in [3.05, 3.63) is 88.4 Å². The molecule has 0 fully saturated rings. The van der Waals surface area contributed by atoms with Crippen LogP contribution in [0.1, 0.15) is 17.0 Å². The van der Waals surface area contributed by atoms with Crippen LogP contribution in [0.5, 0.6) is 0 Å². The molecule has 0 saturated heterocycles. The zero-order valence-corrected chi connectivity index (χ0v) is 14.3. The SMILES string of the molecule is Cc1cc([N+](=O)[O-])ccc1-c1ccc(C=Cc2[nH]c(=O)[nH]c(=O)c2[N+](=O)[O-])o1. The molecule has 3 aromatic rings. The number of aryl methyl sites for hydroxylation is 1. The van der Waals surface area contributed by atoms with Gasteiger partial charge < -0.3 is 9.40 Å². The lowest BCUT2D eigenvalue weighted by atomic mass is 10.1. The number of nitro benzene ring substituents is 1. The minimum absolute atomic E-state index is 0.0431. The van der Waals surface area contributed by atoms with Crippen molar-refractivity contribution in [2.75, 3.05) is 0 Å². The lowest BCUT2D eigenvalue weighted by Crippen LogP contribution is -2.25. The number of furan rings is 1. The molecule has 11 nitrogen and oxygen atoms in total. The van der Waals surface area contributed by atoms with E-state index in [4.69, 9.17) is 4.42 Å². The van der Waals surface area contributed by atoms with Gasteiger partial charge in [-0.05, 0) is 42.8 Å². The van der Waals surface area contributed by atoms with Gasteiger partial charge in [0, 0.05) is 17.7 Å². The zero-order valence-electron chi connectivity index (χ0n) is 14.3. The van der Waals surface area contributed by atoms with Crippen LogP contribution in [0.15, 0.2) is 44.3 Å². The lowest BCUT2D eigenvalue weighted by molar-refractivity contribution is -0.386. The van der Waals surface area contributed by atoms with Gasteiger partial charge in [0.05, 0.1) is 9.85 Å². The lowest BCUT2D eigenvalue weighted by Gasteiger charge is -2.02. The summed E-state index contributed by atoms with van der Waals surface area (Å²) < 4.78 is 5.63. The fourth-order valence-electron chi connectivity index (χ4n) is 2.59. The molecule has 0 bridgehead atoms. The monoisotopic (exact) mass is 384 g/mol. The van der Waals surface area contributed by atoms with Crippen LogP contribution in [0.2, 0.25) is 0 Å². The minimum Gasteiger partial charge on any atom is -0.457 e. The standard InChI is InChI=1S/C17H12N4O7/c1-9-8-10(20(24)25)2-5-12(9)14-7-4-11(28-14)3-6-13-15(21(26)27)16(22)19-17(23)18-13/h2-8H,1H3,(H2,18,19,22,23). The molecule has 3 rings (SSSR count). The van der Waals surface area contributed by atoms with Crippen LogP contribution in [-0.2, 0) is 0 Å². The van der Waals surface area contributed by atoms with Crippen molar-refractivity contribution in [1.82, 2.24) is 9.97 Å². The molecular weight excluding hydrogens is 372 g/mol. The molecule has 0 unspecified atom stereocenters. The van der Waals surface area contributed by atoms with E-state index in [0.29, 0.717) is 22.6 Å². The molecule has 2 aromatic heterocycles. The van der Waals surface area contributed by atoms with E-state index in [1.807, 2.05) is 0 Å². The fourth-order valence-corrected chi connectivity index (χ4v) is 2.59. The van der Waals surface area contributed by atoms with Crippen LogP contribution in [0, 0.1) is 27.2 Å². The van der Waals surface area contributed by atoms with Crippen LogP contribution in [0.3, 0.4) is 0 Å². The molecule has 1 aromatic carbocycles. The predicted molar refractivity (Wildman–Crippen MR) is 98.8 cm³/mol. The Labute approximate surface area is 155 Å². The maximum atomic E-state index is 11.6. The second kappa shape index (κ2) is 7.15. The smallest absolute Gasteiger partial charge is 0.357 e. The Balaban J connectivity index is 1.94. The van der Waals surface area contributed by atoms with Crippen molar-refractivity contribution < 1.29 is 14.3 Å². The topological polar surface area (TPSA) is 165 Å². The summed E-state index contributed by atoms with van der Waals surface area (Å²) in [6.07, 6.45) is 2.53. The van der Waals surface area contributed by atoms with Crippen molar-refractivity contribution in [3.8, 4) is 11.3 Å². The van der Waals surface area contributed by atoms with Gasteiger partial charge in [-0.15, -0.1) is 0 Å². The van der Waals surface area contributed by atoms with Gasteiger partial charge in [-0.25, -0.2) is 4.79 Å². The van der Waals surface area contributed by atoms with Crippen molar-refractivity contribution >= 4 is 23.5 Å². The summed E-state index contributed by atoms with van der Waals surface area (Å²) in [5, 5.41) is 21.8. The number of nitrogens with one attached hydrogen (secondary N) is 2. The Hall–Kier alpha value is -4.28. The van der Waals surface area contributed by atoms with Crippen molar-refractivity contribution in [1.29, 1.82) is 0 Å². The van der Waals surface area contributed by atoms with Gasteiger partial charge >= 0.3 is 16.9 Å². The van der Waals surface area contributed by atoms with E-state index in [9.17, 15) is 29.8 Å². The molecule has 0 saturated carbocycles. The van der Waals surface area contributed by atoms with E-state index < -0.39 is 26.8 Å². The first-order valence-electron chi connectivity index (χ1n) is 7.80. The molecule has 0 spiro atoms. The van der Waals surface area contributed by atoms with Crippen LogP contribution >= 0.6 is 0 Å². The fraction of sp³-hybridized carbons (Fsp3) is 0.0588. The highest BCUT2D eigenvalue weighted by Crippen LogP contribution is 2.29. The highest BCUT2D eigenvalue weighted by Gasteiger charge is 2.19. The summed E-state index contributed by atoms with van der Waals surface area (Å²) in [7, 11) is 0. The van der Waals surface area contributed by atoms with Gasteiger partial charge in [-0.3, -0.25) is 30.0 Å². The maximum absolute atomic E-state index is 11.6. The highest BCUT2D eigenvalue weighted by molar-refractivity contribution is 5.72. The van der Waals surface area contributed by atoms with Crippen molar-refractivity contribution in [3.63, 3.8) is 0 Å². The number of nitro groups is 2. The van der Waals surface area contributed by atoms with Gasteiger partial charge in [0.25, 0.3) is 5.69 Å². The first kappa shape index (κ1) is 18.5. The molecule has 0 radical (unpaired) electrons. The Kier molecular flexibility index (Phi) is 4.73. The molecule has 11 heteroatoms. The third-order valence-corrected chi connectivity index (χ3v) is 3.86. The van der Waals surface area contributed by atoms with E-state index in [0.717, 1.165) is 0 Å². The van der Waals surface area contributed by atoms with Crippen molar-refractivity contribution in [2.24, 2.45) is 0 Å². The number of H-pyrrole nitrogens is 2. The largest absolute Gasteiger partial charge is 0.457 e. The molecule has 0 aliphatic carbocycles. The summed E-state index contributed by atoms with van der Waals surface area (Å²) in [5.41, 5.74) is -1.84. The second-order valence-electron chi connectivity index (χ2n) is 5.72. The van der Waals surface area contributed by atoms with Crippen LogP contribution in [-0.4, -0.2) is 19.8 Å². The average molecular weight is 384 g/mol. The molecule has 2 N–H and O–H groups in total. The molecule has 0 aliphatic rings. The molecular formula is C17H12N4O7. The van der Waals surface area contributed by atoms with Crippen LogP contribution in [0.25, 0.3) is 23.5 Å². The van der Waals surface area contributed by atoms with E-state index >= 15 is 0 Å². The Morgan fingerprint density at radius 1 is 1.00 bits per heavy atom.